The minimum Gasteiger partial charge on any atom is -0.462 e. The molecule has 0 amide bonds. The first kappa shape index (κ1) is 30.1. The lowest BCUT2D eigenvalue weighted by Gasteiger charge is -2.40. The molecular formula is C28H56O4Si2. The average Bonchev–Trinajstić information content (AvgIpc) is 3.14. The van der Waals surface area contributed by atoms with Crippen LogP contribution in [0.25, 0.3) is 0 Å². The van der Waals surface area contributed by atoms with Crippen LogP contribution in [0.3, 0.4) is 0 Å². The van der Waals surface area contributed by atoms with Gasteiger partial charge in [-0.15, -0.1) is 0 Å². The van der Waals surface area contributed by atoms with E-state index in [0.717, 1.165) is 38.7 Å². The Labute approximate surface area is 213 Å². The molecular weight excluding hydrogens is 456 g/mol. The van der Waals surface area contributed by atoms with Crippen molar-refractivity contribution in [1.82, 2.24) is 0 Å². The second kappa shape index (κ2) is 11.5. The fourth-order valence-electron chi connectivity index (χ4n) is 5.17. The molecule has 1 aliphatic carbocycles. The molecule has 34 heavy (non-hydrogen) atoms. The Bertz CT molecular complexity index is 662. The highest BCUT2D eigenvalue weighted by molar-refractivity contribution is 6.74. The standard InChI is InChI=1S/C28H56O4Si2/c1-21-19-25-24(20-26(29)31-25)23(21)17-16-22(32-34(10,11)28(5,6)7)15-13-12-14-18-30-33(8,9)27(2,3)4/h21-25H,12-20H2,1-11H3/t21-,22?,23+,24-,25+/m1/s1. The zero-order valence-corrected chi connectivity index (χ0v) is 26.4. The predicted octanol–water partition coefficient (Wildman–Crippen LogP) is 8.33. The highest BCUT2D eigenvalue weighted by Gasteiger charge is 2.48. The number of carbonyl (C=O) groups is 1. The van der Waals surface area contributed by atoms with Crippen LogP contribution < -0.4 is 0 Å². The van der Waals surface area contributed by atoms with E-state index in [2.05, 4.69) is 74.7 Å². The number of esters is 1. The van der Waals surface area contributed by atoms with Crippen molar-refractivity contribution in [2.75, 3.05) is 6.61 Å². The van der Waals surface area contributed by atoms with Gasteiger partial charge in [-0.1, -0.05) is 61.3 Å². The molecule has 0 bridgehead atoms. The molecule has 1 heterocycles. The van der Waals surface area contributed by atoms with Gasteiger partial charge in [0.2, 0.25) is 0 Å². The van der Waals surface area contributed by atoms with Crippen molar-refractivity contribution in [2.24, 2.45) is 17.8 Å². The van der Waals surface area contributed by atoms with Crippen LogP contribution in [0.2, 0.25) is 36.3 Å². The smallest absolute Gasteiger partial charge is 0.306 e. The topological polar surface area (TPSA) is 44.8 Å². The molecule has 1 saturated heterocycles. The van der Waals surface area contributed by atoms with Crippen LogP contribution >= 0.6 is 0 Å². The SMILES string of the molecule is C[C@@H]1C[C@@H]2OC(=O)C[C@@H]2[C@H]1CCC(CCCCCO[Si](C)(C)C(C)(C)C)O[Si](C)(C)C(C)(C)C. The Morgan fingerprint density at radius 3 is 2.15 bits per heavy atom. The highest BCUT2D eigenvalue weighted by atomic mass is 28.4. The Balaban J connectivity index is 1.88. The predicted molar refractivity (Wildman–Crippen MR) is 148 cm³/mol. The summed E-state index contributed by atoms with van der Waals surface area (Å²) < 4.78 is 18.9. The summed E-state index contributed by atoms with van der Waals surface area (Å²) in [5.74, 6) is 1.69. The molecule has 0 radical (unpaired) electrons. The van der Waals surface area contributed by atoms with Crippen LogP contribution in [-0.2, 0) is 18.4 Å². The van der Waals surface area contributed by atoms with E-state index in [1.807, 2.05) is 0 Å². The van der Waals surface area contributed by atoms with Crippen LogP contribution in [0.4, 0.5) is 0 Å². The number of ether oxygens (including phenoxy) is 1. The van der Waals surface area contributed by atoms with E-state index >= 15 is 0 Å². The summed E-state index contributed by atoms with van der Waals surface area (Å²) in [5.41, 5.74) is 0. The van der Waals surface area contributed by atoms with Crippen molar-refractivity contribution in [3.63, 3.8) is 0 Å². The van der Waals surface area contributed by atoms with Gasteiger partial charge in [0, 0.05) is 18.6 Å². The van der Waals surface area contributed by atoms with Crippen molar-refractivity contribution in [3.05, 3.63) is 0 Å². The first-order valence-electron chi connectivity index (χ1n) is 14.0. The minimum absolute atomic E-state index is 0.0147. The van der Waals surface area contributed by atoms with Crippen molar-refractivity contribution >= 4 is 22.6 Å². The Morgan fingerprint density at radius 2 is 1.56 bits per heavy atom. The second-order valence-electron chi connectivity index (χ2n) is 14.3. The van der Waals surface area contributed by atoms with Crippen molar-refractivity contribution in [1.29, 1.82) is 0 Å². The number of carbonyl (C=O) groups excluding carboxylic acids is 1. The summed E-state index contributed by atoms with van der Waals surface area (Å²) in [6.45, 7) is 26.6. The fraction of sp³-hybridized carbons (Fsp3) is 0.964. The Kier molecular flexibility index (Phi) is 10.1. The lowest BCUT2D eigenvalue weighted by atomic mass is 9.84. The summed E-state index contributed by atoms with van der Waals surface area (Å²) in [5, 5.41) is 0.500. The largest absolute Gasteiger partial charge is 0.462 e. The quantitative estimate of drug-likeness (QED) is 0.150. The molecule has 4 nitrogen and oxygen atoms in total. The van der Waals surface area contributed by atoms with Crippen LogP contribution in [0.5, 0.6) is 0 Å². The first-order valence-corrected chi connectivity index (χ1v) is 19.8. The van der Waals surface area contributed by atoms with Gasteiger partial charge in [0.05, 0.1) is 6.42 Å². The molecule has 0 aromatic heterocycles. The van der Waals surface area contributed by atoms with E-state index in [0.29, 0.717) is 30.3 Å². The molecule has 1 saturated carbocycles. The van der Waals surface area contributed by atoms with Gasteiger partial charge in [0.15, 0.2) is 16.6 Å². The van der Waals surface area contributed by atoms with Gasteiger partial charge in [0.25, 0.3) is 0 Å². The third kappa shape index (κ3) is 7.91. The van der Waals surface area contributed by atoms with E-state index in [1.165, 1.54) is 12.8 Å². The van der Waals surface area contributed by atoms with E-state index in [1.54, 1.807) is 0 Å². The molecule has 1 aliphatic heterocycles. The van der Waals surface area contributed by atoms with Gasteiger partial charge < -0.3 is 13.6 Å². The van der Waals surface area contributed by atoms with Gasteiger partial charge in [-0.2, -0.15) is 0 Å². The lowest BCUT2D eigenvalue weighted by Crippen LogP contribution is -2.44. The van der Waals surface area contributed by atoms with Gasteiger partial charge in [0.1, 0.15) is 6.10 Å². The molecule has 2 rings (SSSR count). The molecule has 2 aliphatic rings. The molecule has 0 aromatic rings. The molecule has 0 N–H and O–H groups in total. The highest BCUT2D eigenvalue weighted by Crippen LogP contribution is 2.47. The van der Waals surface area contributed by atoms with Crippen LogP contribution in [-0.4, -0.2) is 41.4 Å². The molecule has 5 atom stereocenters. The molecule has 1 unspecified atom stereocenters. The van der Waals surface area contributed by atoms with E-state index < -0.39 is 16.6 Å². The third-order valence-corrected chi connectivity index (χ3v) is 18.6. The maximum atomic E-state index is 11.8. The summed E-state index contributed by atoms with van der Waals surface area (Å²) in [6, 6.07) is 0. The van der Waals surface area contributed by atoms with E-state index in [9.17, 15) is 4.79 Å². The molecule has 6 heteroatoms. The molecule has 0 spiro atoms. The summed E-state index contributed by atoms with van der Waals surface area (Å²) in [4.78, 5) is 11.8. The zero-order valence-electron chi connectivity index (χ0n) is 24.4. The normalized spacial score (nSPS) is 27.1. The maximum absolute atomic E-state index is 11.8. The first-order chi connectivity index (χ1) is 15.4. The third-order valence-electron chi connectivity index (χ3n) is 9.58. The monoisotopic (exact) mass is 512 g/mol. The zero-order chi connectivity index (χ0) is 25.9. The van der Waals surface area contributed by atoms with Gasteiger partial charge in [-0.25, -0.2) is 0 Å². The Morgan fingerprint density at radius 1 is 0.941 bits per heavy atom. The van der Waals surface area contributed by atoms with E-state index in [-0.39, 0.29) is 22.1 Å². The van der Waals surface area contributed by atoms with Crippen LogP contribution in [0.1, 0.15) is 99.8 Å². The summed E-state index contributed by atoms with van der Waals surface area (Å²) in [6.07, 6.45) is 9.13. The number of fused-ring (bicyclic) bond motifs is 1. The number of hydrogen-bond acceptors (Lipinski definition) is 4. The van der Waals surface area contributed by atoms with Crippen molar-refractivity contribution in [2.45, 2.75) is 148 Å². The summed E-state index contributed by atoms with van der Waals surface area (Å²) in [7, 11) is -3.46. The van der Waals surface area contributed by atoms with Gasteiger partial charge >= 0.3 is 5.97 Å². The average molecular weight is 513 g/mol. The Hall–Kier alpha value is -0.176. The fourth-order valence-corrected chi connectivity index (χ4v) is 7.68. The van der Waals surface area contributed by atoms with E-state index in [4.69, 9.17) is 13.6 Å². The maximum Gasteiger partial charge on any atom is 0.306 e. The number of unbranched alkanes of at least 4 members (excludes halogenated alkanes) is 2. The van der Waals surface area contributed by atoms with Crippen LogP contribution in [0.15, 0.2) is 0 Å². The molecule has 0 aromatic carbocycles. The number of hydrogen-bond donors (Lipinski definition) is 0. The molecule has 200 valence electrons. The van der Waals surface area contributed by atoms with Gasteiger partial charge in [-0.05, 0) is 80.2 Å². The minimum atomic E-state index is -1.82. The van der Waals surface area contributed by atoms with Crippen molar-refractivity contribution < 1.29 is 18.4 Å². The molecule has 2 fully saturated rings. The second-order valence-corrected chi connectivity index (χ2v) is 23.9. The lowest BCUT2D eigenvalue weighted by molar-refractivity contribution is -0.141. The number of rotatable bonds is 12. The van der Waals surface area contributed by atoms with Crippen molar-refractivity contribution in [3.8, 4) is 0 Å². The summed E-state index contributed by atoms with van der Waals surface area (Å²) >= 11 is 0. The van der Waals surface area contributed by atoms with Crippen LogP contribution in [0, 0.1) is 17.8 Å². The van der Waals surface area contributed by atoms with Gasteiger partial charge in [-0.3, -0.25) is 4.79 Å².